The Morgan fingerprint density at radius 1 is 1.00 bits per heavy atom. The zero-order valence-corrected chi connectivity index (χ0v) is 19.1. The van der Waals surface area contributed by atoms with Crippen LogP contribution in [0.2, 0.25) is 0 Å². The van der Waals surface area contributed by atoms with E-state index in [1.807, 2.05) is 54.1 Å². The summed E-state index contributed by atoms with van der Waals surface area (Å²) in [4.78, 5) is 4.47. The highest BCUT2D eigenvalue weighted by molar-refractivity contribution is 7.92. The smallest absolute Gasteiger partial charge is 0.262 e. The Morgan fingerprint density at radius 3 is 2.41 bits per heavy atom. The van der Waals surface area contributed by atoms with Gasteiger partial charge in [-0.3, -0.25) is 4.72 Å². The third-order valence-electron chi connectivity index (χ3n) is 5.29. The van der Waals surface area contributed by atoms with Crippen LogP contribution in [-0.4, -0.2) is 25.1 Å². The number of methoxy groups -OCH3 is 1. The molecule has 1 N–H and O–H groups in total. The average molecular weight is 448 g/mol. The molecule has 0 aliphatic heterocycles. The lowest BCUT2D eigenvalue weighted by Gasteiger charge is -2.16. The van der Waals surface area contributed by atoms with Crippen molar-refractivity contribution in [2.45, 2.75) is 25.2 Å². The van der Waals surface area contributed by atoms with Crippen molar-refractivity contribution < 1.29 is 13.2 Å². The summed E-state index contributed by atoms with van der Waals surface area (Å²) in [5.74, 6) is 0.534. The molecule has 4 aromatic rings. The van der Waals surface area contributed by atoms with E-state index in [-0.39, 0.29) is 4.90 Å². The van der Waals surface area contributed by atoms with E-state index in [0.29, 0.717) is 17.0 Å². The summed E-state index contributed by atoms with van der Waals surface area (Å²) in [6, 6.07) is 20.1. The Kier molecular flexibility index (Phi) is 6.01. The van der Waals surface area contributed by atoms with Gasteiger partial charge in [0.15, 0.2) is 0 Å². The topological polar surface area (TPSA) is 73.2 Å². The van der Waals surface area contributed by atoms with Gasteiger partial charge < -0.3 is 9.30 Å². The van der Waals surface area contributed by atoms with Crippen LogP contribution in [0.15, 0.2) is 84.1 Å². The summed E-state index contributed by atoms with van der Waals surface area (Å²) in [5.41, 5.74) is 4.75. The summed E-state index contributed by atoms with van der Waals surface area (Å²) < 4.78 is 36.8. The van der Waals surface area contributed by atoms with Crippen molar-refractivity contribution in [1.29, 1.82) is 0 Å². The van der Waals surface area contributed by atoms with Crippen LogP contribution >= 0.6 is 0 Å². The van der Waals surface area contributed by atoms with E-state index in [4.69, 9.17) is 4.74 Å². The first-order chi connectivity index (χ1) is 15.4. The van der Waals surface area contributed by atoms with Gasteiger partial charge in [0, 0.05) is 17.8 Å². The van der Waals surface area contributed by atoms with Crippen molar-refractivity contribution in [3.05, 3.63) is 90.5 Å². The third-order valence-corrected chi connectivity index (χ3v) is 6.73. The largest absolute Gasteiger partial charge is 0.494 e. The first-order valence-corrected chi connectivity index (χ1v) is 11.8. The molecule has 0 saturated heterocycles. The highest BCUT2D eigenvalue weighted by atomic mass is 32.2. The Labute approximate surface area is 188 Å². The van der Waals surface area contributed by atoms with E-state index < -0.39 is 10.0 Å². The number of sulfonamides is 1. The fourth-order valence-electron chi connectivity index (χ4n) is 3.73. The molecule has 3 aromatic carbocycles. The number of hydrogen-bond donors (Lipinski definition) is 1. The number of rotatable bonds is 7. The second-order valence-corrected chi connectivity index (χ2v) is 9.07. The van der Waals surface area contributed by atoms with Crippen LogP contribution in [0, 0.1) is 6.92 Å². The van der Waals surface area contributed by atoms with Gasteiger partial charge in [-0.2, -0.15) is 0 Å². The number of nitrogens with zero attached hydrogens (tertiary/aromatic N) is 2. The van der Waals surface area contributed by atoms with Crippen LogP contribution < -0.4 is 9.46 Å². The molecular weight excluding hydrogens is 422 g/mol. The van der Waals surface area contributed by atoms with E-state index in [1.165, 1.54) is 0 Å². The van der Waals surface area contributed by atoms with Crippen molar-refractivity contribution in [2.75, 3.05) is 11.8 Å². The van der Waals surface area contributed by atoms with Crippen molar-refractivity contribution >= 4 is 15.7 Å². The molecule has 6 nitrogen and oxygen atoms in total. The molecule has 7 heteroatoms. The van der Waals surface area contributed by atoms with Crippen LogP contribution in [0.25, 0.3) is 16.8 Å². The lowest BCUT2D eigenvalue weighted by Crippen LogP contribution is -2.14. The fraction of sp³-hybridized carbons (Fsp3) is 0.160. The molecule has 1 aromatic heterocycles. The normalized spacial score (nSPS) is 11.3. The number of anilines is 1. The van der Waals surface area contributed by atoms with Crippen LogP contribution in [0.3, 0.4) is 0 Å². The van der Waals surface area contributed by atoms with E-state index in [9.17, 15) is 8.42 Å². The molecule has 32 heavy (non-hydrogen) atoms. The number of imidazole rings is 1. The van der Waals surface area contributed by atoms with Crippen LogP contribution in [0.5, 0.6) is 5.75 Å². The molecule has 0 aliphatic rings. The molecule has 0 fully saturated rings. The molecule has 0 unspecified atom stereocenters. The molecule has 0 spiro atoms. The molecule has 0 atom stereocenters. The van der Waals surface area contributed by atoms with Crippen molar-refractivity contribution in [1.82, 2.24) is 9.55 Å². The molecule has 4 rings (SSSR count). The number of hydrogen-bond acceptors (Lipinski definition) is 4. The van der Waals surface area contributed by atoms with Crippen molar-refractivity contribution in [3.63, 3.8) is 0 Å². The standard InChI is InChI=1S/C25H25N3O3S/c1-4-19-9-5-6-10-21(19)22-11-7-8-12-25(22)32(29,30)27-20-13-14-23(24(15-20)31-3)28-16-18(2)26-17-28/h5-17,27H,4H2,1-3H3. The van der Waals surface area contributed by atoms with Gasteiger partial charge in [0.25, 0.3) is 10.0 Å². The SMILES string of the molecule is CCc1ccccc1-c1ccccc1S(=O)(=O)Nc1ccc(-n2cnc(C)c2)c(OC)c1. The van der Waals surface area contributed by atoms with Gasteiger partial charge >= 0.3 is 0 Å². The van der Waals surface area contributed by atoms with Crippen molar-refractivity contribution in [2.24, 2.45) is 0 Å². The first-order valence-electron chi connectivity index (χ1n) is 10.3. The van der Waals surface area contributed by atoms with Gasteiger partial charge in [-0.15, -0.1) is 0 Å². The van der Waals surface area contributed by atoms with Gasteiger partial charge in [0.1, 0.15) is 5.75 Å². The average Bonchev–Trinajstić information content (AvgIpc) is 3.24. The van der Waals surface area contributed by atoms with Gasteiger partial charge in [0.05, 0.1) is 35.4 Å². The molecule has 0 saturated carbocycles. The Hall–Kier alpha value is -3.58. The van der Waals surface area contributed by atoms with E-state index in [1.54, 1.807) is 43.8 Å². The van der Waals surface area contributed by atoms with E-state index in [2.05, 4.69) is 16.6 Å². The molecule has 0 aliphatic carbocycles. The maximum absolute atomic E-state index is 13.4. The molecule has 1 heterocycles. The second-order valence-electron chi connectivity index (χ2n) is 7.42. The molecule has 0 amide bonds. The number of aryl methyl sites for hydroxylation is 2. The highest BCUT2D eigenvalue weighted by Crippen LogP contribution is 2.33. The fourth-order valence-corrected chi connectivity index (χ4v) is 5.00. The quantitative estimate of drug-likeness (QED) is 0.422. The monoisotopic (exact) mass is 447 g/mol. The molecule has 0 bridgehead atoms. The summed E-state index contributed by atoms with van der Waals surface area (Å²) >= 11 is 0. The number of ether oxygens (including phenoxy) is 1. The zero-order valence-electron chi connectivity index (χ0n) is 18.2. The van der Waals surface area contributed by atoms with E-state index >= 15 is 0 Å². The predicted molar refractivity (Wildman–Crippen MR) is 127 cm³/mol. The van der Waals surface area contributed by atoms with Crippen LogP contribution in [-0.2, 0) is 16.4 Å². The zero-order chi connectivity index (χ0) is 22.7. The van der Waals surface area contributed by atoms with Gasteiger partial charge in [0.2, 0.25) is 0 Å². The molecule has 0 radical (unpaired) electrons. The summed E-state index contributed by atoms with van der Waals surface area (Å²) in [7, 11) is -2.29. The maximum Gasteiger partial charge on any atom is 0.262 e. The van der Waals surface area contributed by atoms with Crippen LogP contribution in [0.4, 0.5) is 5.69 Å². The number of nitrogens with one attached hydrogen (secondary N) is 1. The van der Waals surface area contributed by atoms with Gasteiger partial charge in [-0.1, -0.05) is 49.4 Å². The lowest BCUT2D eigenvalue weighted by atomic mass is 9.98. The first kappa shape index (κ1) is 21.6. The maximum atomic E-state index is 13.4. The predicted octanol–water partition coefficient (Wildman–Crippen LogP) is 5.22. The molecular formula is C25H25N3O3S. The Morgan fingerprint density at radius 2 is 1.72 bits per heavy atom. The minimum absolute atomic E-state index is 0.231. The Bertz CT molecular complexity index is 1360. The van der Waals surface area contributed by atoms with Crippen LogP contribution in [0.1, 0.15) is 18.2 Å². The minimum Gasteiger partial charge on any atom is -0.494 e. The third kappa shape index (κ3) is 4.24. The summed E-state index contributed by atoms with van der Waals surface area (Å²) in [6.07, 6.45) is 4.38. The summed E-state index contributed by atoms with van der Waals surface area (Å²) in [5, 5.41) is 0. The second kappa shape index (κ2) is 8.88. The van der Waals surface area contributed by atoms with Crippen molar-refractivity contribution in [3.8, 4) is 22.6 Å². The van der Waals surface area contributed by atoms with Gasteiger partial charge in [-0.25, -0.2) is 13.4 Å². The lowest BCUT2D eigenvalue weighted by molar-refractivity contribution is 0.413. The Balaban J connectivity index is 1.72. The van der Waals surface area contributed by atoms with Gasteiger partial charge in [-0.05, 0) is 42.7 Å². The summed E-state index contributed by atoms with van der Waals surface area (Å²) in [6.45, 7) is 3.96. The highest BCUT2D eigenvalue weighted by Gasteiger charge is 2.21. The van der Waals surface area contributed by atoms with E-state index in [0.717, 1.165) is 28.9 Å². The number of benzene rings is 3. The minimum atomic E-state index is -3.84. The number of aromatic nitrogens is 2. The molecule has 164 valence electrons.